The number of halogens is 1. The van der Waals surface area contributed by atoms with Crippen molar-refractivity contribution < 1.29 is 10.0 Å². The molecule has 3 N–H and O–H groups in total. The molecule has 2 aromatic rings. The lowest BCUT2D eigenvalue weighted by Gasteiger charge is -2.18. The third-order valence-corrected chi connectivity index (χ3v) is 3.54. The average molecular weight is 349 g/mol. The van der Waals surface area contributed by atoms with Gasteiger partial charge in [-0.3, -0.25) is 4.79 Å². The van der Waals surface area contributed by atoms with Crippen LogP contribution in [0.2, 0.25) is 0 Å². The number of benzene rings is 1. The van der Waals surface area contributed by atoms with Gasteiger partial charge in [0.1, 0.15) is 5.69 Å². The molecule has 0 fully saturated rings. The molecule has 1 amide bonds. The summed E-state index contributed by atoms with van der Waals surface area (Å²) >= 11 is 3.30. The SMILES string of the molecule is CN(C(=O)c1ncccc1Br)c1cccc(/C(N)=N/O)c1. The van der Waals surface area contributed by atoms with Gasteiger partial charge < -0.3 is 15.8 Å². The van der Waals surface area contributed by atoms with E-state index in [1.165, 1.54) is 4.90 Å². The summed E-state index contributed by atoms with van der Waals surface area (Å²) in [6, 6.07) is 10.3. The van der Waals surface area contributed by atoms with Gasteiger partial charge in [-0.15, -0.1) is 0 Å². The first-order valence-corrected chi connectivity index (χ1v) is 6.80. The number of pyridine rings is 1. The fraction of sp³-hybridized carbons (Fsp3) is 0.0714. The molecule has 0 aliphatic heterocycles. The molecule has 1 aromatic heterocycles. The summed E-state index contributed by atoms with van der Waals surface area (Å²) in [5.74, 6) is -0.282. The van der Waals surface area contributed by atoms with Crippen molar-refractivity contribution in [2.45, 2.75) is 0 Å². The normalized spacial score (nSPS) is 11.2. The number of amidine groups is 1. The number of carbonyl (C=O) groups excluding carboxylic acids is 1. The Morgan fingerprint density at radius 2 is 2.14 bits per heavy atom. The van der Waals surface area contributed by atoms with Crippen LogP contribution < -0.4 is 10.6 Å². The van der Waals surface area contributed by atoms with Gasteiger partial charge in [0.05, 0.1) is 0 Å². The molecule has 0 aliphatic carbocycles. The summed E-state index contributed by atoms with van der Waals surface area (Å²) < 4.78 is 0.620. The maximum absolute atomic E-state index is 12.4. The Morgan fingerprint density at radius 3 is 2.81 bits per heavy atom. The van der Waals surface area contributed by atoms with E-state index in [0.717, 1.165) is 0 Å². The largest absolute Gasteiger partial charge is 0.409 e. The standard InChI is InChI=1S/C14H13BrN4O2/c1-19(14(20)12-11(15)6-3-7-17-12)10-5-2-4-9(8-10)13(16)18-21/h2-8,21H,1H3,(H2,16,18). The zero-order chi connectivity index (χ0) is 15.4. The first-order chi connectivity index (χ1) is 10.0. The number of nitrogens with zero attached hydrogens (tertiary/aromatic N) is 3. The van der Waals surface area contributed by atoms with Crippen LogP contribution in [0.25, 0.3) is 0 Å². The van der Waals surface area contributed by atoms with Crippen molar-refractivity contribution >= 4 is 33.4 Å². The van der Waals surface area contributed by atoms with Crippen molar-refractivity contribution in [3.8, 4) is 0 Å². The predicted octanol–water partition coefficient (Wildman–Crippen LogP) is 2.22. The highest BCUT2D eigenvalue weighted by Crippen LogP contribution is 2.20. The Balaban J connectivity index is 2.34. The van der Waals surface area contributed by atoms with Gasteiger partial charge in [-0.25, -0.2) is 4.98 Å². The van der Waals surface area contributed by atoms with Crippen LogP contribution in [0.4, 0.5) is 5.69 Å². The quantitative estimate of drug-likeness (QED) is 0.385. The number of rotatable bonds is 3. The van der Waals surface area contributed by atoms with Crippen molar-refractivity contribution in [3.05, 3.63) is 58.3 Å². The molecule has 0 aliphatic rings. The number of anilines is 1. The number of carbonyl (C=O) groups is 1. The summed E-state index contributed by atoms with van der Waals surface area (Å²) in [6.07, 6.45) is 1.55. The first kappa shape index (κ1) is 15.0. The van der Waals surface area contributed by atoms with Gasteiger partial charge in [0.15, 0.2) is 5.84 Å². The summed E-state index contributed by atoms with van der Waals surface area (Å²) in [5, 5.41) is 11.7. The summed E-state index contributed by atoms with van der Waals surface area (Å²) in [5.41, 5.74) is 7.00. The van der Waals surface area contributed by atoms with Crippen LogP contribution in [0, 0.1) is 0 Å². The second kappa shape index (κ2) is 6.36. The molecule has 0 unspecified atom stereocenters. The van der Waals surface area contributed by atoms with Crippen molar-refractivity contribution in [3.63, 3.8) is 0 Å². The van der Waals surface area contributed by atoms with E-state index >= 15 is 0 Å². The van der Waals surface area contributed by atoms with E-state index in [9.17, 15) is 4.79 Å². The minimum absolute atomic E-state index is 0.0169. The third-order valence-electron chi connectivity index (χ3n) is 2.90. The minimum atomic E-state index is -0.265. The Morgan fingerprint density at radius 1 is 1.38 bits per heavy atom. The van der Waals surface area contributed by atoms with Gasteiger partial charge in [0.2, 0.25) is 0 Å². The fourth-order valence-corrected chi connectivity index (χ4v) is 2.18. The van der Waals surface area contributed by atoms with Gasteiger partial charge in [-0.05, 0) is 40.2 Å². The molecular weight excluding hydrogens is 336 g/mol. The van der Waals surface area contributed by atoms with Gasteiger partial charge >= 0.3 is 0 Å². The van der Waals surface area contributed by atoms with E-state index in [-0.39, 0.29) is 11.7 Å². The second-order valence-electron chi connectivity index (χ2n) is 4.23. The lowest BCUT2D eigenvalue weighted by atomic mass is 10.1. The van der Waals surface area contributed by atoms with Crippen molar-refractivity contribution in [2.24, 2.45) is 10.9 Å². The van der Waals surface area contributed by atoms with E-state index in [4.69, 9.17) is 10.9 Å². The van der Waals surface area contributed by atoms with Crippen LogP contribution in [0.15, 0.2) is 52.2 Å². The van der Waals surface area contributed by atoms with Gasteiger partial charge in [-0.2, -0.15) is 0 Å². The average Bonchev–Trinajstić information content (AvgIpc) is 2.53. The molecule has 0 spiro atoms. The molecule has 7 heteroatoms. The monoisotopic (exact) mass is 348 g/mol. The van der Waals surface area contributed by atoms with Crippen molar-refractivity contribution in [1.82, 2.24) is 4.98 Å². The highest BCUT2D eigenvalue weighted by atomic mass is 79.9. The Labute approximate surface area is 130 Å². The molecule has 0 saturated heterocycles. The first-order valence-electron chi connectivity index (χ1n) is 6.01. The Hall–Kier alpha value is -2.41. The van der Waals surface area contributed by atoms with Crippen LogP contribution >= 0.6 is 15.9 Å². The molecule has 0 radical (unpaired) electrons. The van der Waals surface area contributed by atoms with Gasteiger partial charge in [0.25, 0.3) is 5.91 Å². The van der Waals surface area contributed by atoms with E-state index < -0.39 is 0 Å². The van der Waals surface area contributed by atoms with Crippen molar-refractivity contribution in [1.29, 1.82) is 0 Å². The highest BCUT2D eigenvalue weighted by molar-refractivity contribution is 9.10. The number of nitrogens with two attached hydrogens (primary N) is 1. The maximum Gasteiger partial charge on any atom is 0.277 e. The number of amides is 1. The zero-order valence-corrected chi connectivity index (χ0v) is 12.8. The lowest BCUT2D eigenvalue weighted by molar-refractivity contribution is 0.0987. The molecule has 0 atom stereocenters. The molecule has 1 heterocycles. The minimum Gasteiger partial charge on any atom is -0.409 e. The number of aromatic nitrogens is 1. The second-order valence-corrected chi connectivity index (χ2v) is 5.09. The van der Waals surface area contributed by atoms with Crippen LogP contribution in [-0.2, 0) is 0 Å². The molecule has 1 aromatic carbocycles. The van der Waals surface area contributed by atoms with E-state index in [1.54, 1.807) is 49.6 Å². The highest BCUT2D eigenvalue weighted by Gasteiger charge is 2.18. The van der Waals surface area contributed by atoms with Gasteiger partial charge in [0, 0.05) is 29.0 Å². The van der Waals surface area contributed by atoms with Crippen LogP contribution in [-0.4, -0.2) is 29.0 Å². The van der Waals surface area contributed by atoms with E-state index in [2.05, 4.69) is 26.1 Å². The van der Waals surface area contributed by atoms with Crippen LogP contribution in [0.1, 0.15) is 16.1 Å². The maximum atomic E-state index is 12.4. The lowest BCUT2D eigenvalue weighted by Crippen LogP contribution is -2.27. The smallest absolute Gasteiger partial charge is 0.277 e. The Bertz CT molecular complexity index is 703. The Kier molecular flexibility index (Phi) is 4.54. The number of hydrogen-bond donors (Lipinski definition) is 2. The molecule has 6 nitrogen and oxygen atoms in total. The molecule has 21 heavy (non-hydrogen) atoms. The molecule has 0 saturated carbocycles. The summed E-state index contributed by atoms with van der Waals surface area (Å²) in [7, 11) is 1.63. The number of oxime groups is 1. The zero-order valence-electron chi connectivity index (χ0n) is 11.2. The molecule has 2 rings (SSSR count). The molecule has 0 bridgehead atoms. The van der Waals surface area contributed by atoms with Crippen molar-refractivity contribution in [2.75, 3.05) is 11.9 Å². The fourth-order valence-electron chi connectivity index (χ4n) is 1.75. The predicted molar refractivity (Wildman–Crippen MR) is 83.6 cm³/mol. The summed E-state index contributed by atoms with van der Waals surface area (Å²) in [6.45, 7) is 0. The topological polar surface area (TPSA) is 91.8 Å². The number of hydrogen-bond acceptors (Lipinski definition) is 4. The van der Waals surface area contributed by atoms with E-state index in [0.29, 0.717) is 21.4 Å². The summed E-state index contributed by atoms with van der Waals surface area (Å²) in [4.78, 5) is 18.0. The van der Waals surface area contributed by atoms with Gasteiger partial charge in [-0.1, -0.05) is 17.3 Å². The van der Waals surface area contributed by atoms with Crippen LogP contribution in [0.3, 0.4) is 0 Å². The van der Waals surface area contributed by atoms with E-state index in [1.807, 2.05) is 0 Å². The molecule has 108 valence electrons. The molecular formula is C14H13BrN4O2. The third kappa shape index (κ3) is 3.19. The van der Waals surface area contributed by atoms with Crippen LogP contribution in [0.5, 0.6) is 0 Å².